The van der Waals surface area contributed by atoms with Gasteiger partial charge in [0.15, 0.2) is 0 Å². The Morgan fingerprint density at radius 1 is 1.20 bits per heavy atom. The number of benzene rings is 1. The Labute approximate surface area is 119 Å². The standard InChI is InChI=1S/C16H19N3O/c17-12-14-6-8-15(9-7-14)19-16(20)18-11-10-13-4-2-1-3-5-13/h6-11,13H,1-5H2,(H2,18,19,20)/b11-10+. The van der Waals surface area contributed by atoms with Gasteiger partial charge in [-0.3, -0.25) is 0 Å². The Morgan fingerprint density at radius 2 is 1.90 bits per heavy atom. The number of hydrogen-bond acceptors (Lipinski definition) is 2. The van der Waals surface area contributed by atoms with E-state index in [2.05, 4.69) is 16.7 Å². The monoisotopic (exact) mass is 269 g/mol. The first kappa shape index (κ1) is 14.1. The number of hydrogen-bond donors (Lipinski definition) is 2. The van der Waals surface area contributed by atoms with Gasteiger partial charge in [0.25, 0.3) is 0 Å². The minimum Gasteiger partial charge on any atom is -0.315 e. The van der Waals surface area contributed by atoms with Crippen LogP contribution >= 0.6 is 0 Å². The molecule has 0 spiro atoms. The van der Waals surface area contributed by atoms with Crippen molar-refractivity contribution in [3.05, 3.63) is 42.1 Å². The van der Waals surface area contributed by atoms with Crippen molar-refractivity contribution in [2.75, 3.05) is 5.32 Å². The lowest BCUT2D eigenvalue weighted by atomic mass is 9.89. The van der Waals surface area contributed by atoms with Crippen LogP contribution in [0.3, 0.4) is 0 Å². The number of carbonyl (C=O) groups is 1. The summed E-state index contributed by atoms with van der Waals surface area (Å²) in [4.78, 5) is 11.7. The molecule has 1 aliphatic carbocycles. The summed E-state index contributed by atoms with van der Waals surface area (Å²) in [5, 5.41) is 14.1. The van der Waals surface area contributed by atoms with Gasteiger partial charge in [-0.05, 0) is 43.0 Å². The molecule has 104 valence electrons. The van der Waals surface area contributed by atoms with E-state index in [1.54, 1.807) is 30.5 Å². The van der Waals surface area contributed by atoms with Crippen LogP contribution in [0.4, 0.5) is 10.5 Å². The molecule has 0 bridgehead atoms. The van der Waals surface area contributed by atoms with E-state index in [-0.39, 0.29) is 6.03 Å². The van der Waals surface area contributed by atoms with Crippen LogP contribution in [0.15, 0.2) is 36.5 Å². The fourth-order valence-electron chi connectivity index (χ4n) is 2.38. The average Bonchev–Trinajstić information content (AvgIpc) is 2.49. The number of urea groups is 1. The number of amides is 2. The number of anilines is 1. The maximum Gasteiger partial charge on any atom is 0.323 e. The van der Waals surface area contributed by atoms with Gasteiger partial charge in [0.05, 0.1) is 11.6 Å². The molecule has 4 nitrogen and oxygen atoms in total. The summed E-state index contributed by atoms with van der Waals surface area (Å²) in [6.45, 7) is 0. The molecule has 1 aromatic carbocycles. The van der Waals surface area contributed by atoms with E-state index in [4.69, 9.17) is 5.26 Å². The Morgan fingerprint density at radius 3 is 2.55 bits per heavy atom. The normalized spacial score (nSPS) is 15.8. The molecule has 2 N–H and O–H groups in total. The van der Waals surface area contributed by atoms with Crippen molar-refractivity contribution >= 4 is 11.7 Å². The molecule has 0 heterocycles. The molecule has 0 aliphatic heterocycles. The molecule has 2 rings (SSSR count). The second kappa shape index (κ2) is 7.34. The van der Waals surface area contributed by atoms with Crippen LogP contribution in [-0.4, -0.2) is 6.03 Å². The van der Waals surface area contributed by atoms with Gasteiger partial charge in [0, 0.05) is 11.9 Å². The number of rotatable bonds is 3. The molecule has 0 aromatic heterocycles. The van der Waals surface area contributed by atoms with E-state index in [0.717, 1.165) is 0 Å². The van der Waals surface area contributed by atoms with Crippen LogP contribution in [0.25, 0.3) is 0 Å². The van der Waals surface area contributed by atoms with Crippen molar-refractivity contribution < 1.29 is 4.79 Å². The third-order valence-corrected chi connectivity index (χ3v) is 3.50. The molecule has 0 atom stereocenters. The van der Waals surface area contributed by atoms with Crippen LogP contribution in [0.5, 0.6) is 0 Å². The summed E-state index contributed by atoms with van der Waals surface area (Å²) in [6, 6.07) is 8.55. The van der Waals surface area contributed by atoms with Gasteiger partial charge in [-0.15, -0.1) is 0 Å². The third kappa shape index (κ3) is 4.43. The number of nitriles is 1. The van der Waals surface area contributed by atoms with Gasteiger partial charge < -0.3 is 10.6 Å². The minimum atomic E-state index is -0.262. The Bertz CT molecular complexity index is 508. The Balaban J connectivity index is 1.77. The molecule has 2 amide bonds. The maximum atomic E-state index is 11.7. The zero-order valence-electron chi connectivity index (χ0n) is 11.4. The van der Waals surface area contributed by atoms with Crippen LogP contribution in [-0.2, 0) is 0 Å². The predicted octanol–water partition coefficient (Wildman–Crippen LogP) is 3.77. The molecule has 0 radical (unpaired) electrons. The van der Waals surface area contributed by atoms with E-state index in [1.807, 2.05) is 6.07 Å². The third-order valence-electron chi connectivity index (χ3n) is 3.50. The Hall–Kier alpha value is -2.28. The fraction of sp³-hybridized carbons (Fsp3) is 0.375. The molecule has 1 aliphatic rings. The first-order valence-corrected chi connectivity index (χ1v) is 7.02. The van der Waals surface area contributed by atoms with E-state index >= 15 is 0 Å². The van der Waals surface area contributed by atoms with E-state index in [0.29, 0.717) is 17.2 Å². The highest BCUT2D eigenvalue weighted by Gasteiger charge is 2.09. The summed E-state index contributed by atoms with van der Waals surface area (Å²) in [7, 11) is 0. The van der Waals surface area contributed by atoms with Gasteiger partial charge in [-0.2, -0.15) is 5.26 Å². The van der Waals surface area contributed by atoms with Gasteiger partial charge >= 0.3 is 6.03 Å². The molecular formula is C16H19N3O. The molecule has 1 fully saturated rings. The van der Waals surface area contributed by atoms with Gasteiger partial charge in [-0.1, -0.05) is 25.3 Å². The maximum absolute atomic E-state index is 11.7. The van der Waals surface area contributed by atoms with Gasteiger partial charge in [-0.25, -0.2) is 4.79 Å². The molecule has 1 aromatic rings. The molecule has 20 heavy (non-hydrogen) atoms. The number of carbonyl (C=O) groups excluding carboxylic acids is 1. The Kier molecular flexibility index (Phi) is 5.19. The number of nitrogens with one attached hydrogen (secondary N) is 2. The van der Waals surface area contributed by atoms with Gasteiger partial charge in [0.1, 0.15) is 0 Å². The van der Waals surface area contributed by atoms with Crippen molar-refractivity contribution in [2.45, 2.75) is 32.1 Å². The molecular weight excluding hydrogens is 250 g/mol. The lowest BCUT2D eigenvalue weighted by molar-refractivity contribution is 0.255. The minimum absolute atomic E-state index is 0.262. The van der Waals surface area contributed by atoms with Crippen molar-refractivity contribution in [1.82, 2.24) is 5.32 Å². The summed E-state index contributed by atoms with van der Waals surface area (Å²) in [6.07, 6.45) is 10.1. The van der Waals surface area contributed by atoms with Crippen LogP contribution in [0.2, 0.25) is 0 Å². The lowest BCUT2D eigenvalue weighted by Crippen LogP contribution is -2.24. The predicted molar refractivity (Wildman–Crippen MR) is 79.0 cm³/mol. The topological polar surface area (TPSA) is 64.9 Å². The second-order valence-corrected chi connectivity index (χ2v) is 5.04. The highest BCUT2D eigenvalue weighted by Crippen LogP contribution is 2.24. The lowest BCUT2D eigenvalue weighted by Gasteiger charge is -2.17. The van der Waals surface area contributed by atoms with Crippen LogP contribution in [0.1, 0.15) is 37.7 Å². The average molecular weight is 269 g/mol. The van der Waals surface area contributed by atoms with Crippen molar-refractivity contribution in [3.8, 4) is 6.07 Å². The fourth-order valence-corrected chi connectivity index (χ4v) is 2.38. The van der Waals surface area contributed by atoms with Gasteiger partial charge in [0.2, 0.25) is 0 Å². The second-order valence-electron chi connectivity index (χ2n) is 5.04. The summed E-state index contributed by atoms with van der Waals surface area (Å²) in [5.41, 5.74) is 1.25. The molecule has 4 heteroatoms. The molecule has 0 unspecified atom stereocenters. The SMILES string of the molecule is N#Cc1ccc(NC(=O)N/C=C/C2CCCCC2)cc1. The van der Waals surface area contributed by atoms with Crippen LogP contribution in [0, 0.1) is 17.2 Å². The van der Waals surface area contributed by atoms with Crippen molar-refractivity contribution in [2.24, 2.45) is 5.92 Å². The highest BCUT2D eigenvalue weighted by molar-refractivity contribution is 5.89. The summed E-state index contributed by atoms with van der Waals surface area (Å²) in [5.74, 6) is 0.596. The zero-order valence-corrected chi connectivity index (χ0v) is 11.4. The smallest absolute Gasteiger partial charge is 0.315 e. The van der Waals surface area contributed by atoms with E-state index < -0.39 is 0 Å². The first-order chi connectivity index (χ1) is 9.78. The number of nitrogens with zero attached hydrogens (tertiary/aromatic N) is 1. The number of allylic oxidation sites excluding steroid dienone is 1. The summed E-state index contributed by atoms with van der Waals surface area (Å²) < 4.78 is 0. The van der Waals surface area contributed by atoms with Crippen molar-refractivity contribution in [1.29, 1.82) is 5.26 Å². The largest absolute Gasteiger partial charge is 0.323 e. The molecule has 1 saturated carbocycles. The van der Waals surface area contributed by atoms with Crippen molar-refractivity contribution in [3.63, 3.8) is 0 Å². The summed E-state index contributed by atoms with van der Waals surface area (Å²) >= 11 is 0. The van der Waals surface area contributed by atoms with E-state index in [9.17, 15) is 4.79 Å². The van der Waals surface area contributed by atoms with Crippen LogP contribution < -0.4 is 10.6 Å². The first-order valence-electron chi connectivity index (χ1n) is 7.02. The quantitative estimate of drug-likeness (QED) is 0.877. The zero-order chi connectivity index (χ0) is 14.2. The highest BCUT2D eigenvalue weighted by atomic mass is 16.2. The van der Waals surface area contributed by atoms with E-state index in [1.165, 1.54) is 32.1 Å². The molecule has 0 saturated heterocycles.